The number of para-hydroxylation sites is 1. The van der Waals surface area contributed by atoms with E-state index in [1.165, 1.54) is 17.4 Å². The van der Waals surface area contributed by atoms with Gasteiger partial charge in [0.1, 0.15) is 0 Å². The number of carbonyl (C=O) groups excluding carboxylic acids is 1. The first-order valence-corrected chi connectivity index (χ1v) is 12.9. The van der Waals surface area contributed by atoms with Gasteiger partial charge in [-0.05, 0) is 24.6 Å². The molecule has 186 valence electrons. The second kappa shape index (κ2) is 11.0. The molecule has 5 rings (SSSR count). The third-order valence-corrected chi connectivity index (χ3v) is 7.33. The van der Waals surface area contributed by atoms with E-state index in [4.69, 9.17) is 4.74 Å². The molecule has 1 aliphatic heterocycles. The normalized spacial score (nSPS) is 14.1. The number of ether oxygens (including phenoxy) is 1. The van der Waals surface area contributed by atoms with Crippen LogP contribution in [-0.4, -0.2) is 53.2 Å². The average Bonchev–Trinajstić information content (AvgIpc) is 3.30. The Morgan fingerprint density at radius 3 is 2.58 bits per heavy atom. The molecule has 1 aliphatic rings. The molecule has 1 saturated heterocycles. The fourth-order valence-corrected chi connectivity index (χ4v) is 5.28. The predicted octanol–water partition coefficient (Wildman–Crippen LogP) is 3.96. The highest BCUT2D eigenvalue weighted by Crippen LogP contribution is 2.27. The zero-order chi connectivity index (χ0) is 24.9. The minimum absolute atomic E-state index is 0.132. The maximum Gasteiger partial charge on any atom is 0.261 e. The van der Waals surface area contributed by atoms with Crippen LogP contribution in [0.15, 0.2) is 65.5 Å². The number of amides is 1. The number of carbonyl (C=O) groups is 1. The van der Waals surface area contributed by atoms with E-state index in [-0.39, 0.29) is 11.5 Å². The molecule has 0 aliphatic carbocycles. The van der Waals surface area contributed by atoms with Crippen molar-refractivity contribution in [1.82, 2.24) is 14.5 Å². The summed E-state index contributed by atoms with van der Waals surface area (Å²) in [6.07, 6.45) is 0. The van der Waals surface area contributed by atoms with E-state index in [2.05, 4.69) is 20.5 Å². The summed E-state index contributed by atoms with van der Waals surface area (Å²) in [6, 6.07) is 19.2. The van der Waals surface area contributed by atoms with Gasteiger partial charge in [0, 0.05) is 44.5 Å². The fourth-order valence-electron chi connectivity index (χ4n) is 4.42. The number of thiazole rings is 1. The van der Waals surface area contributed by atoms with Crippen LogP contribution in [0.5, 0.6) is 0 Å². The Morgan fingerprint density at radius 2 is 1.81 bits per heavy atom. The van der Waals surface area contributed by atoms with Gasteiger partial charge in [-0.3, -0.25) is 19.8 Å². The van der Waals surface area contributed by atoms with Crippen LogP contribution < -0.4 is 16.2 Å². The highest BCUT2D eigenvalue weighted by molar-refractivity contribution is 7.22. The lowest BCUT2D eigenvalue weighted by Gasteiger charge is -2.27. The van der Waals surface area contributed by atoms with E-state index < -0.39 is 0 Å². The Kier molecular flexibility index (Phi) is 7.41. The lowest BCUT2D eigenvalue weighted by molar-refractivity contribution is 0.0362. The number of hydrogen-bond donors (Lipinski definition) is 2. The molecule has 1 fully saturated rings. The topological polar surface area (TPSA) is 88.5 Å². The van der Waals surface area contributed by atoms with E-state index in [1.54, 1.807) is 4.57 Å². The van der Waals surface area contributed by atoms with Gasteiger partial charge in [0.05, 0.1) is 34.7 Å². The van der Waals surface area contributed by atoms with Crippen LogP contribution in [0.3, 0.4) is 0 Å². The molecule has 36 heavy (non-hydrogen) atoms. The second-order valence-electron chi connectivity index (χ2n) is 8.74. The van der Waals surface area contributed by atoms with Crippen molar-refractivity contribution < 1.29 is 9.53 Å². The Hall–Kier alpha value is -3.53. The summed E-state index contributed by atoms with van der Waals surface area (Å²) in [5.41, 5.74) is 3.36. The number of nitrogens with one attached hydrogen (secondary N) is 2. The zero-order valence-corrected chi connectivity index (χ0v) is 21.0. The van der Waals surface area contributed by atoms with Gasteiger partial charge in [-0.1, -0.05) is 53.8 Å². The van der Waals surface area contributed by atoms with Crippen LogP contribution in [0.25, 0.3) is 10.2 Å². The van der Waals surface area contributed by atoms with Crippen LogP contribution in [0, 0.1) is 6.92 Å². The lowest BCUT2D eigenvalue weighted by Crippen LogP contribution is -2.40. The SMILES string of the molecule is Cc1c(C(=O)Nc2nc3ccccc3s2)c(NCc2ccccc2)cc(=O)n1CCN1CCOCC1. The van der Waals surface area contributed by atoms with Crippen molar-refractivity contribution in [3.63, 3.8) is 0 Å². The average molecular weight is 504 g/mol. The molecule has 2 N–H and O–H groups in total. The molecule has 0 atom stereocenters. The molecule has 2 aromatic carbocycles. The van der Waals surface area contributed by atoms with Crippen LogP contribution in [0.4, 0.5) is 10.8 Å². The molecule has 3 heterocycles. The largest absolute Gasteiger partial charge is 0.380 e. The summed E-state index contributed by atoms with van der Waals surface area (Å²) in [5, 5.41) is 6.81. The quantitative estimate of drug-likeness (QED) is 0.378. The van der Waals surface area contributed by atoms with Crippen molar-refractivity contribution >= 4 is 38.3 Å². The highest BCUT2D eigenvalue weighted by Gasteiger charge is 2.21. The summed E-state index contributed by atoms with van der Waals surface area (Å²) in [6.45, 7) is 6.65. The van der Waals surface area contributed by atoms with E-state index >= 15 is 0 Å². The molecule has 1 amide bonds. The van der Waals surface area contributed by atoms with Gasteiger partial charge in [-0.25, -0.2) is 4.98 Å². The number of fused-ring (bicyclic) bond motifs is 1. The van der Waals surface area contributed by atoms with Gasteiger partial charge >= 0.3 is 0 Å². The van der Waals surface area contributed by atoms with Crippen LogP contribution in [0.2, 0.25) is 0 Å². The zero-order valence-electron chi connectivity index (χ0n) is 20.2. The molecule has 0 saturated carbocycles. The fraction of sp³-hybridized carbons (Fsp3) is 0.296. The molecule has 0 unspecified atom stereocenters. The second-order valence-corrected chi connectivity index (χ2v) is 9.77. The number of rotatable bonds is 8. The van der Waals surface area contributed by atoms with Crippen molar-refractivity contribution in [2.45, 2.75) is 20.0 Å². The molecule has 0 radical (unpaired) electrons. The van der Waals surface area contributed by atoms with Crippen molar-refractivity contribution in [2.24, 2.45) is 0 Å². The first-order chi connectivity index (χ1) is 17.6. The van der Waals surface area contributed by atoms with Gasteiger partial charge in [0.15, 0.2) is 5.13 Å². The van der Waals surface area contributed by atoms with Gasteiger partial charge in [-0.15, -0.1) is 0 Å². The van der Waals surface area contributed by atoms with Crippen molar-refractivity contribution in [1.29, 1.82) is 0 Å². The number of pyridine rings is 1. The summed E-state index contributed by atoms with van der Waals surface area (Å²) < 4.78 is 8.12. The van der Waals surface area contributed by atoms with Crippen molar-refractivity contribution in [2.75, 3.05) is 43.5 Å². The number of nitrogens with zero attached hydrogens (tertiary/aromatic N) is 3. The molecule has 0 spiro atoms. The maximum atomic E-state index is 13.6. The number of aromatic nitrogens is 2. The summed E-state index contributed by atoms with van der Waals surface area (Å²) in [5.74, 6) is -0.290. The number of morpholine rings is 1. The Labute approximate surface area is 213 Å². The number of benzene rings is 2. The van der Waals surface area contributed by atoms with Crippen LogP contribution in [0.1, 0.15) is 21.6 Å². The van der Waals surface area contributed by atoms with E-state index in [1.807, 2.05) is 61.5 Å². The summed E-state index contributed by atoms with van der Waals surface area (Å²) in [4.78, 5) is 33.5. The van der Waals surface area contributed by atoms with Crippen molar-refractivity contribution in [3.8, 4) is 0 Å². The molecular weight excluding hydrogens is 474 g/mol. The van der Waals surface area contributed by atoms with Gasteiger partial charge in [0.2, 0.25) is 0 Å². The van der Waals surface area contributed by atoms with Crippen LogP contribution >= 0.6 is 11.3 Å². The third kappa shape index (κ3) is 5.48. The Balaban J connectivity index is 1.44. The summed E-state index contributed by atoms with van der Waals surface area (Å²) in [7, 11) is 0. The van der Waals surface area contributed by atoms with Gasteiger partial charge in [0.25, 0.3) is 11.5 Å². The van der Waals surface area contributed by atoms with Gasteiger partial charge in [-0.2, -0.15) is 0 Å². The lowest BCUT2D eigenvalue weighted by atomic mass is 10.1. The van der Waals surface area contributed by atoms with E-state index in [0.29, 0.717) is 48.4 Å². The van der Waals surface area contributed by atoms with E-state index in [9.17, 15) is 9.59 Å². The molecular formula is C27H29N5O3S. The molecule has 0 bridgehead atoms. The molecule has 8 nitrogen and oxygen atoms in total. The highest BCUT2D eigenvalue weighted by atomic mass is 32.1. The first-order valence-electron chi connectivity index (χ1n) is 12.1. The number of hydrogen-bond acceptors (Lipinski definition) is 7. The van der Waals surface area contributed by atoms with E-state index in [0.717, 1.165) is 35.4 Å². The smallest absolute Gasteiger partial charge is 0.261 e. The monoisotopic (exact) mass is 503 g/mol. The molecule has 9 heteroatoms. The van der Waals surface area contributed by atoms with Crippen LogP contribution in [-0.2, 0) is 17.8 Å². The Bertz CT molecular complexity index is 1380. The number of anilines is 2. The van der Waals surface area contributed by atoms with Crippen molar-refractivity contribution in [3.05, 3.63) is 87.8 Å². The maximum absolute atomic E-state index is 13.6. The minimum Gasteiger partial charge on any atom is -0.380 e. The Morgan fingerprint density at radius 1 is 1.06 bits per heavy atom. The molecule has 2 aromatic heterocycles. The molecule has 4 aromatic rings. The van der Waals surface area contributed by atoms with Gasteiger partial charge < -0.3 is 14.6 Å². The third-order valence-electron chi connectivity index (χ3n) is 6.38. The standard InChI is InChI=1S/C27H29N5O3S/c1-19-25(26(34)30-27-29-21-9-5-6-10-23(21)36-27)22(28-18-20-7-3-2-4-8-20)17-24(33)32(19)12-11-31-13-15-35-16-14-31/h2-10,17,28H,11-16,18H2,1H3,(H,29,30,34). The first kappa shape index (κ1) is 24.2. The predicted molar refractivity (Wildman–Crippen MR) is 144 cm³/mol. The minimum atomic E-state index is -0.290. The summed E-state index contributed by atoms with van der Waals surface area (Å²) >= 11 is 1.43.